The molecule has 4 rings (SSSR count). The van der Waals surface area contributed by atoms with Crippen LogP contribution in [0.4, 0.5) is 8.78 Å². The summed E-state index contributed by atoms with van der Waals surface area (Å²) >= 11 is 6.25. The number of methoxy groups -OCH3 is 1. The molecule has 2 heterocycles. The number of aliphatic hydroxyl groups is 1. The third kappa shape index (κ3) is 4.42. The second kappa shape index (κ2) is 8.84. The van der Waals surface area contributed by atoms with Crippen molar-refractivity contribution in [2.75, 3.05) is 20.3 Å². The number of aromatic nitrogens is 1. The summed E-state index contributed by atoms with van der Waals surface area (Å²) in [7, 11) is 1.17. The van der Waals surface area contributed by atoms with Crippen molar-refractivity contribution in [3.63, 3.8) is 0 Å². The van der Waals surface area contributed by atoms with Gasteiger partial charge in [0.1, 0.15) is 23.7 Å². The van der Waals surface area contributed by atoms with E-state index in [4.69, 9.17) is 30.9 Å². The molecule has 0 radical (unpaired) electrons. The van der Waals surface area contributed by atoms with Gasteiger partial charge in [-0.2, -0.15) is 0 Å². The minimum atomic E-state index is -3.45. The summed E-state index contributed by atoms with van der Waals surface area (Å²) in [5.74, 6) is -4.07. The van der Waals surface area contributed by atoms with Crippen LogP contribution in [0.25, 0.3) is 11.3 Å². The van der Waals surface area contributed by atoms with Gasteiger partial charge in [0.15, 0.2) is 12.0 Å². The maximum Gasteiger partial charge on any atom is 0.343 e. The van der Waals surface area contributed by atoms with Gasteiger partial charge in [-0.15, -0.1) is 0 Å². The zero-order valence-corrected chi connectivity index (χ0v) is 18.0. The monoisotopic (exact) mass is 477 g/mol. The van der Waals surface area contributed by atoms with E-state index in [2.05, 4.69) is 0 Å². The van der Waals surface area contributed by atoms with Crippen LogP contribution in [0.1, 0.15) is 22.1 Å². The molecule has 172 valence electrons. The number of halogens is 3. The van der Waals surface area contributed by atoms with Crippen LogP contribution in [0.5, 0.6) is 11.5 Å². The summed E-state index contributed by atoms with van der Waals surface area (Å²) in [5.41, 5.74) is 0.769. The van der Waals surface area contributed by atoms with Crippen LogP contribution in [0.2, 0.25) is 5.02 Å². The number of aliphatic hydroxyl groups excluding tert-OH is 1. The highest BCUT2D eigenvalue weighted by Gasteiger charge is 2.32. The Morgan fingerprint density at radius 1 is 1.24 bits per heavy atom. The van der Waals surface area contributed by atoms with Gasteiger partial charge in [0.25, 0.3) is 0 Å². The van der Waals surface area contributed by atoms with E-state index < -0.39 is 36.8 Å². The first-order valence-corrected chi connectivity index (χ1v) is 10.1. The van der Waals surface area contributed by atoms with Crippen molar-refractivity contribution in [2.45, 2.75) is 12.2 Å². The van der Waals surface area contributed by atoms with Gasteiger partial charge in [-0.25, -0.2) is 13.6 Å². The minimum Gasteiger partial charge on any atom is -0.486 e. The summed E-state index contributed by atoms with van der Waals surface area (Å²) in [6.45, 7) is -2.45. The van der Waals surface area contributed by atoms with Gasteiger partial charge in [-0.05, 0) is 6.07 Å². The number of esters is 1. The van der Waals surface area contributed by atoms with Crippen LogP contribution in [-0.2, 0) is 4.74 Å². The summed E-state index contributed by atoms with van der Waals surface area (Å²) in [6, 6.07) is 13.0. The van der Waals surface area contributed by atoms with Crippen molar-refractivity contribution in [2.24, 2.45) is 0 Å². The SMILES string of the molecule is COC(=O)c1cn2c(cc1=O)-c1cc(Cl)c(OCC(F)(F)CO)cc1OC2c1ccccc1. The van der Waals surface area contributed by atoms with Gasteiger partial charge in [0.2, 0.25) is 6.23 Å². The normalized spacial score (nSPS) is 14.6. The van der Waals surface area contributed by atoms with Crippen LogP contribution in [0.15, 0.2) is 59.5 Å². The molecule has 0 spiro atoms. The van der Waals surface area contributed by atoms with Crippen molar-refractivity contribution in [3.05, 3.63) is 81.1 Å². The molecule has 0 saturated carbocycles. The molecule has 1 N–H and O–H groups in total. The first-order valence-electron chi connectivity index (χ1n) is 9.75. The molecule has 0 bridgehead atoms. The van der Waals surface area contributed by atoms with E-state index in [9.17, 15) is 18.4 Å². The predicted molar refractivity (Wildman–Crippen MR) is 115 cm³/mol. The average molecular weight is 478 g/mol. The molecule has 0 fully saturated rings. The van der Waals surface area contributed by atoms with Crippen LogP contribution in [0, 0.1) is 0 Å². The van der Waals surface area contributed by atoms with Crippen molar-refractivity contribution < 1.29 is 32.9 Å². The summed E-state index contributed by atoms with van der Waals surface area (Å²) < 4.78 is 44.5. The third-order valence-electron chi connectivity index (χ3n) is 5.04. The molecule has 0 saturated heterocycles. The molecule has 1 aromatic heterocycles. The number of carbonyl (C=O) groups is 1. The first kappa shape index (κ1) is 22.8. The summed E-state index contributed by atoms with van der Waals surface area (Å²) in [4.78, 5) is 24.7. The number of ether oxygens (including phenoxy) is 3. The Balaban J connectivity index is 1.86. The lowest BCUT2D eigenvalue weighted by molar-refractivity contribution is -0.0801. The van der Waals surface area contributed by atoms with Crippen molar-refractivity contribution >= 4 is 17.6 Å². The topological polar surface area (TPSA) is 87.0 Å². The highest BCUT2D eigenvalue weighted by Crippen LogP contribution is 2.44. The summed E-state index contributed by atoms with van der Waals surface area (Å²) in [6.07, 6.45) is 0.565. The number of hydrogen-bond donors (Lipinski definition) is 1. The lowest BCUT2D eigenvalue weighted by Gasteiger charge is -2.32. The maximum atomic E-state index is 13.4. The van der Waals surface area contributed by atoms with Gasteiger partial charge in [0.05, 0.1) is 17.8 Å². The van der Waals surface area contributed by atoms with Crippen molar-refractivity contribution in [1.29, 1.82) is 0 Å². The smallest absolute Gasteiger partial charge is 0.343 e. The lowest BCUT2D eigenvalue weighted by Crippen LogP contribution is -2.30. The Bertz CT molecular complexity index is 1260. The van der Waals surface area contributed by atoms with Crippen LogP contribution in [-0.4, -0.2) is 41.9 Å². The zero-order valence-electron chi connectivity index (χ0n) is 17.3. The van der Waals surface area contributed by atoms with E-state index in [0.717, 1.165) is 0 Å². The van der Waals surface area contributed by atoms with Crippen molar-refractivity contribution in [3.8, 4) is 22.8 Å². The number of pyridine rings is 1. The summed E-state index contributed by atoms with van der Waals surface area (Å²) in [5, 5.41) is 8.76. The van der Waals surface area contributed by atoms with E-state index in [-0.39, 0.29) is 22.1 Å². The number of nitrogens with zero attached hydrogens (tertiary/aromatic N) is 1. The third-order valence-corrected chi connectivity index (χ3v) is 5.34. The molecule has 0 amide bonds. The van der Waals surface area contributed by atoms with Gasteiger partial charge in [-0.1, -0.05) is 41.9 Å². The minimum absolute atomic E-state index is 0.000273. The quantitative estimate of drug-likeness (QED) is 0.542. The molecule has 10 heteroatoms. The molecule has 1 atom stereocenters. The Morgan fingerprint density at radius 3 is 2.64 bits per heavy atom. The Kier molecular flexibility index (Phi) is 6.09. The van der Waals surface area contributed by atoms with Crippen molar-refractivity contribution in [1.82, 2.24) is 4.57 Å². The number of carbonyl (C=O) groups excluding carboxylic acids is 1. The predicted octanol–water partition coefficient (Wildman–Crippen LogP) is 3.90. The number of benzene rings is 2. The number of alkyl halides is 2. The molecule has 1 aliphatic rings. The molecule has 2 aromatic carbocycles. The molecule has 1 unspecified atom stereocenters. The van der Waals surface area contributed by atoms with Crippen LogP contribution < -0.4 is 14.9 Å². The molecule has 1 aliphatic heterocycles. The van der Waals surface area contributed by atoms with E-state index in [1.807, 2.05) is 6.07 Å². The standard InChI is InChI=1S/C23H18ClF2NO6/c1-31-22(30)15-10-27-17(8-18(15)29)14-7-16(24)20(32-12-23(25,26)11-28)9-19(14)33-21(27)13-5-3-2-4-6-13/h2-10,21,28H,11-12H2,1H3. The molecule has 0 aliphatic carbocycles. The second-order valence-corrected chi connectivity index (χ2v) is 7.71. The Labute approximate surface area is 191 Å². The fourth-order valence-corrected chi connectivity index (χ4v) is 3.64. The average Bonchev–Trinajstić information content (AvgIpc) is 2.82. The molecular weight excluding hydrogens is 460 g/mol. The van der Waals surface area contributed by atoms with E-state index >= 15 is 0 Å². The largest absolute Gasteiger partial charge is 0.486 e. The number of rotatable bonds is 6. The maximum absolute atomic E-state index is 13.4. The second-order valence-electron chi connectivity index (χ2n) is 7.30. The molecular formula is C23H18ClF2NO6. The Hall–Kier alpha value is -3.43. The van der Waals surface area contributed by atoms with E-state index in [1.165, 1.54) is 31.5 Å². The first-order chi connectivity index (χ1) is 15.7. The highest BCUT2D eigenvalue weighted by molar-refractivity contribution is 6.32. The van der Waals surface area contributed by atoms with Gasteiger partial charge in [-0.3, -0.25) is 4.79 Å². The van der Waals surface area contributed by atoms with Gasteiger partial charge >= 0.3 is 11.9 Å². The van der Waals surface area contributed by atoms with Crippen LogP contribution in [0.3, 0.4) is 0 Å². The number of fused-ring (bicyclic) bond motifs is 3. The molecule has 7 nitrogen and oxygen atoms in total. The number of hydrogen-bond acceptors (Lipinski definition) is 6. The fraction of sp³-hybridized carbons (Fsp3) is 0.217. The Morgan fingerprint density at radius 2 is 1.97 bits per heavy atom. The van der Waals surface area contributed by atoms with E-state index in [1.54, 1.807) is 28.8 Å². The van der Waals surface area contributed by atoms with Gasteiger partial charge < -0.3 is 23.9 Å². The lowest BCUT2D eigenvalue weighted by atomic mass is 10.0. The highest BCUT2D eigenvalue weighted by atomic mass is 35.5. The molecule has 33 heavy (non-hydrogen) atoms. The van der Waals surface area contributed by atoms with Crippen LogP contribution >= 0.6 is 11.6 Å². The fourth-order valence-electron chi connectivity index (χ4n) is 3.42. The van der Waals surface area contributed by atoms with E-state index in [0.29, 0.717) is 16.8 Å². The zero-order chi connectivity index (χ0) is 23.8. The van der Waals surface area contributed by atoms with Gasteiger partial charge in [0, 0.05) is 29.5 Å². The molecule has 3 aromatic rings.